The maximum absolute atomic E-state index is 5.80. The first-order valence-electron chi connectivity index (χ1n) is 8.26. The highest BCUT2D eigenvalue weighted by molar-refractivity contribution is 5.44. The fourth-order valence-electron chi connectivity index (χ4n) is 2.80. The van der Waals surface area contributed by atoms with Gasteiger partial charge in [0.15, 0.2) is 0 Å². The van der Waals surface area contributed by atoms with Crippen molar-refractivity contribution in [2.45, 2.75) is 59.2 Å². The lowest BCUT2D eigenvalue weighted by Gasteiger charge is -2.39. The quantitative estimate of drug-likeness (QED) is 0.874. The predicted molar refractivity (Wildman–Crippen MR) is 87.8 cm³/mol. The number of hydrogen-bond donors (Lipinski definition) is 1. The third kappa shape index (κ3) is 4.17. The molecule has 1 N–H and O–H groups in total. The molecule has 4 heteroatoms. The number of ether oxygens (including phenoxy) is 1. The Labute approximate surface area is 128 Å². The lowest BCUT2D eigenvalue weighted by molar-refractivity contribution is 0.0296. The molecule has 21 heavy (non-hydrogen) atoms. The number of nitrogens with one attached hydrogen (secondary N) is 1. The van der Waals surface area contributed by atoms with Gasteiger partial charge in [-0.05, 0) is 44.0 Å². The third-order valence-electron chi connectivity index (χ3n) is 4.10. The first-order valence-corrected chi connectivity index (χ1v) is 8.26. The van der Waals surface area contributed by atoms with Crippen molar-refractivity contribution in [3.63, 3.8) is 0 Å². The molecular weight excluding hydrogens is 262 g/mol. The maximum atomic E-state index is 5.80. The van der Waals surface area contributed by atoms with Crippen LogP contribution in [0.1, 0.15) is 45.4 Å². The molecule has 0 bridgehead atoms. The first-order chi connectivity index (χ1) is 10.2. The molecule has 4 nitrogen and oxygen atoms in total. The molecule has 1 fully saturated rings. The monoisotopic (exact) mass is 291 g/mol. The average Bonchev–Trinajstić information content (AvgIpc) is 2.52. The highest BCUT2D eigenvalue weighted by Gasteiger charge is 2.26. The minimum Gasteiger partial charge on any atom is -0.375 e. The van der Waals surface area contributed by atoms with Crippen LogP contribution in [0, 0.1) is 0 Å². The minimum atomic E-state index is 0.275. The van der Waals surface area contributed by atoms with E-state index in [0.717, 1.165) is 44.9 Å². The van der Waals surface area contributed by atoms with Gasteiger partial charge < -0.3 is 15.0 Å². The molecule has 0 radical (unpaired) electrons. The summed E-state index contributed by atoms with van der Waals surface area (Å²) in [4.78, 5) is 7.29. The molecule has 0 saturated carbocycles. The molecular formula is C17H29N3O. The molecule has 1 aromatic rings. The van der Waals surface area contributed by atoms with Gasteiger partial charge in [-0.3, -0.25) is 0 Å². The number of nitrogens with zero attached hydrogens (tertiary/aromatic N) is 2. The zero-order valence-corrected chi connectivity index (χ0v) is 13.9. The number of anilines is 1. The summed E-state index contributed by atoms with van der Waals surface area (Å²) >= 11 is 0. The van der Waals surface area contributed by atoms with Gasteiger partial charge in [0.05, 0.1) is 18.8 Å². The summed E-state index contributed by atoms with van der Waals surface area (Å²) in [6, 6.07) is 4.90. The summed E-state index contributed by atoms with van der Waals surface area (Å²) in [5.74, 6) is 1.12. The fourth-order valence-corrected chi connectivity index (χ4v) is 2.80. The molecule has 2 atom stereocenters. The van der Waals surface area contributed by atoms with Crippen LogP contribution in [0.4, 0.5) is 5.82 Å². The lowest BCUT2D eigenvalue weighted by atomic mass is 10.1. The Morgan fingerprint density at radius 2 is 2.14 bits per heavy atom. The van der Waals surface area contributed by atoms with Gasteiger partial charge in [-0.2, -0.15) is 0 Å². The van der Waals surface area contributed by atoms with Crippen LogP contribution in [-0.4, -0.2) is 36.8 Å². The van der Waals surface area contributed by atoms with E-state index in [0.29, 0.717) is 6.04 Å². The van der Waals surface area contributed by atoms with Crippen molar-refractivity contribution in [3.05, 3.63) is 23.4 Å². The number of morpholine rings is 1. The van der Waals surface area contributed by atoms with Crippen LogP contribution in [0.5, 0.6) is 0 Å². The van der Waals surface area contributed by atoms with E-state index in [1.165, 1.54) is 11.3 Å². The highest BCUT2D eigenvalue weighted by Crippen LogP contribution is 2.23. The van der Waals surface area contributed by atoms with Crippen molar-refractivity contribution in [3.8, 4) is 0 Å². The molecule has 1 aromatic heterocycles. The van der Waals surface area contributed by atoms with Crippen molar-refractivity contribution >= 4 is 5.82 Å². The van der Waals surface area contributed by atoms with E-state index in [9.17, 15) is 0 Å². The Bertz CT molecular complexity index is 450. The largest absolute Gasteiger partial charge is 0.375 e. The second-order valence-corrected chi connectivity index (χ2v) is 5.82. The first kappa shape index (κ1) is 16.2. The molecule has 2 rings (SSSR count). The van der Waals surface area contributed by atoms with Gasteiger partial charge in [0.25, 0.3) is 0 Å². The molecule has 0 aromatic carbocycles. The van der Waals surface area contributed by atoms with E-state index < -0.39 is 0 Å². The van der Waals surface area contributed by atoms with E-state index in [4.69, 9.17) is 9.72 Å². The molecule has 0 spiro atoms. The summed E-state index contributed by atoms with van der Waals surface area (Å²) in [7, 11) is 0. The summed E-state index contributed by atoms with van der Waals surface area (Å²) in [6.07, 6.45) is 2.34. The number of hydrogen-bond acceptors (Lipinski definition) is 4. The second-order valence-electron chi connectivity index (χ2n) is 5.82. The van der Waals surface area contributed by atoms with E-state index in [2.05, 4.69) is 50.0 Å². The number of aryl methyl sites for hydroxylation is 1. The summed E-state index contributed by atoms with van der Waals surface area (Å²) in [5, 5.41) is 3.41. The van der Waals surface area contributed by atoms with E-state index >= 15 is 0 Å². The Balaban J connectivity index is 2.26. The Morgan fingerprint density at radius 3 is 2.81 bits per heavy atom. The molecule has 1 saturated heterocycles. The van der Waals surface area contributed by atoms with Crippen LogP contribution in [0.2, 0.25) is 0 Å². The molecule has 0 aliphatic carbocycles. The Morgan fingerprint density at radius 1 is 1.33 bits per heavy atom. The van der Waals surface area contributed by atoms with Crippen molar-refractivity contribution < 1.29 is 4.74 Å². The van der Waals surface area contributed by atoms with Gasteiger partial charge in [-0.1, -0.05) is 20.8 Å². The van der Waals surface area contributed by atoms with Gasteiger partial charge in [-0.15, -0.1) is 0 Å². The van der Waals surface area contributed by atoms with Crippen molar-refractivity contribution in [1.82, 2.24) is 10.3 Å². The van der Waals surface area contributed by atoms with Gasteiger partial charge in [-0.25, -0.2) is 4.98 Å². The highest BCUT2D eigenvalue weighted by atomic mass is 16.5. The summed E-state index contributed by atoms with van der Waals surface area (Å²) in [6.45, 7) is 12.3. The van der Waals surface area contributed by atoms with Crippen LogP contribution < -0.4 is 10.2 Å². The van der Waals surface area contributed by atoms with Crippen molar-refractivity contribution in [2.24, 2.45) is 0 Å². The summed E-state index contributed by atoms with van der Waals surface area (Å²) < 4.78 is 5.80. The zero-order valence-electron chi connectivity index (χ0n) is 13.9. The number of aromatic nitrogens is 1. The second kappa shape index (κ2) is 7.76. The van der Waals surface area contributed by atoms with Crippen LogP contribution in [0.25, 0.3) is 0 Å². The number of pyridine rings is 1. The van der Waals surface area contributed by atoms with Crippen LogP contribution >= 0.6 is 0 Å². The lowest BCUT2D eigenvalue weighted by Crippen LogP contribution is -2.49. The van der Waals surface area contributed by atoms with Crippen LogP contribution in [-0.2, 0) is 17.7 Å². The smallest absolute Gasteiger partial charge is 0.129 e. The SMILES string of the molecule is CCNCc1cc(CC)nc(N2CC(C)OCC2CC)c1. The minimum absolute atomic E-state index is 0.275. The average molecular weight is 291 g/mol. The van der Waals surface area contributed by atoms with Crippen LogP contribution in [0.15, 0.2) is 12.1 Å². The summed E-state index contributed by atoms with van der Waals surface area (Å²) in [5.41, 5.74) is 2.50. The standard InChI is InChI=1S/C17H29N3O/c1-5-15-8-14(10-18-7-3)9-17(19-15)20-11-13(4)21-12-16(20)6-2/h8-9,13,16,18H,5-7,10-12H2,1-4H3. The molecule has 2 unspecified atom stereocenters. The third-order valence-corrected chi connectivity index (χ3v) is 4.10. The predicted octanol–water partition coefficient (Wildman–Crippen LogP) is 2.76. The maximum Gasteiger partial charge on any atom is 0.129 e. The Kier molecular flexibility index (Phi) is 6.00. The van der Waals surface area contributed by atoms with Crippen molar-refractivity contribution in [2.75, 3.05) is 24.6 Å². The molecule has 2 heterocycles. The van der Waals surface area contributed by atoms with Crippen LogP contribution in [0.3, 0.4) is 0 Å². The van der Waals surface area contributed by atoms with Gasteiger partial charge in [0.2, 0.25) is 0 Å². The van der Waals surface area contributed by atoms with Gasteiger partial charge in [0.1, 0.15) is 5.82 Å². The van der Waals surface area contributed by atoms with Gasteiger partial charge >= 0.3 is 0 Å². The van der Waals surface area contributed by atoms with E-state index in [1.54, 1.807) is 0 Å². The molecule has 1 aliphatic heterocycles. The molecule has 1 aliphatic rings. The fraction of sp³-hybridized carbons (Fsp3) is 0.706. The van der Waals surface area contributed by atoms with Gasteiger partial charge in [0, 0.05) is 18.8 Å². The van der Waals surface area contributed by atoms with E-state index in [1.807, 2.05) is 0 Å². The molecule has 118 valence electrons. The Hall–Kier alpha value is -1.13. The zero-order chi connectivity index (χ0) is 15.2. The van der Waals surface area contributed by atoms with E-state index in [-0.39, 0.29) is 6.10 Å². The van der Waals surface area contributed by atoms with Crippen molar-refractivity contribution in [1.29, 1.82) is 0 Å². The molecule has 0 amide bonds. The topological polar surface area (TPSA) is 37.4 Å². The number of rotatable bonds is 6. The normalized spacial score (nSPS) is 22.6.